The summed E-state index contributed by atoms with van der Waals surface area (Å²) in [6.07, 6.45) is 4.67. The van der Waals surface area contributed by atoms with Gasteiger partial charge in [0.25, 0.3) is 0 Å². The molecule has 3 aromatic rings. The molecule has 9 heteroatoms. The number of anilines is 1. The van der Waals surface area contributed by atoms with Gasteiger partial charge in [0, 0.05) is 56.3 Å². The summed E-state index contributed by atoms with van der Waals surface area (Å²) in [5.41, 5.74) is 9.59. The molecule has 0 amide bonds. The topological polar surface area (TPSA) is 96.7 Å². The molecule has 0 radical (unpaired) electrons. The summed E-state index contributed by atoms with van der Waals surface area (Å²) in [7, 11) is 1.79. The number of hydrogen-bond donors (Lipinski definition) is 1. The zero-order valence-corrected chi connectivity index (χ0v) is 17.4. The van der Waals surface area contributed by atoms with Crippen molar-refractivity contribution in [3.8, 4) is 17.5 Å². The molecule has 2 N–H and O–H groups in total. The van der Waals surface area contributed by atoms with Crippen LogP contribution in [0.25, 0.3) is 11.4 Å². The molecule has 0 aliphatic rings. The quantitative estimate of drug-likeness (QED) is 0.536. The lowest BCUT2D eigenvalue weighted by molar-refractivity contribution is 0.456. The van der Waals surface area contributed by atoms with Crippen molar-refractivity contribution in [1.82, 2.24) is 19.7 Å². The van der Waals surface area contributed by atoms with Crippen molar-refractivity contribution >= 4 is 5.82 Å². The molecule has 162 valence electrons. The van der Waals surface area contributed by atoms with Crippen molar-refractivity contribution in [3.05, 3.63) is 59.0 Å². The number of alkyl halides is 2. The molecule has 0 atom stereocenters. The van der Waals surface area contributed by atoms with Gasteiger partial charge in [-0.2, -0.15) is 10.4 Å². The van der Waals surface area contributed by atoms with E-state index >= 15 is 0 Å². The third kappa shape index (κ3) is 5.41. The van der Waals surface area contributed by atoms with Gasteiger partial charge in [0.1, 0.15) is 13.3 Å². The summed E-state index contributed by atoms with van der Waals surface area (Å²) in [4.78, 5) is 10.5. The molecule has 0 aliphatic heterocycles. The third-order valence-corrected chi connectivity index (χ3v) is 4.98. The molecule has 3 rings (SSSR count). The predicted octanol–water partition coefficient (Wildman–Crippen LogP) is 2.59. The van der Waals surface area contributed by atoms with Crippen LogP contribution < -0.4 is 10.6 Å². The number of nitrogens with two attached hydrogens (primary N) is 1. The number of aryl methyl sites for hydroxylation is 1. The van der Waals surface area contributed by atoms with E-state index in [0.717, 1.165) is 22.4 Å². The van der Waals surface area contributed by atoms with Gasteiger partial charge in [-0.1, -0.05) is 0 Å². The van der Waals surface area contributed by atoms with Gasteiger partial charge in [-0.05, 0) is 42.3 Å². The SMILES string of the molecule is Cn1nc(N(CCF)CCF)cc1Cc1cc(C#N)ccc1-c1ncc(CCN)cn1. The fraction of sp³-hybridized carbons (Fsp3) is 0.364. The molecule has 1 aromatic carbocycles. The Morgan fingerprint density at radius 1 is 1.13 bits per heavy atom. The van der Waals surface area contributed by atoms with Crippen molar-refractivity contribution in [3.63, 3.8) is 0 Å². The lowest BCUT2D eigenvalue weighted by Gasteiger charge is -2.18. The van der Waals surface area contributed by atoms with E-state index in [9.17, 15) is 14.0 Å². The summed E-state index contributed by atoms with van der Waals surface area (Å²) in [5, 5.41) is 13.8. The van der Waals surface area contributed by atoms with E-state index < -0.39 is 13.3 Å². The second kappa shape index (κ2) is 10.6. The van der Waals surface area contributed by atoms with E-state index in [0.29, 0.717) is 36.6 Å². The largest absolute Gasteiger partial charge is 0.350 e. The van der Waals surface area contributed by atoms with E-state index in [4.69, 9.17) is 5.73 Å². The molecule has 31 heavy (non-hydrogen) atoms. The van der Waals surface area contributed by atoms with Crippen LogP contribution in [-0.4, -0.2) is 52.7 Å². The molecule has 0 bridgehead atoms. The maximum Gasteiger partial charge on any atom is 0.159 e. The minimum Gasteiger partial charge on any atom is -0.350 e. The molecule has 0 saturated heterocycles. The Bertz CT molecular complexity index is 1040. The van der Waals surface area contributed by atoms with Gasteiger partial charge in [-0.3, -0.25) is 4.68 Å². The number of benzene rings is 1. The van der Waals surface area contributed by atoms with Gasteiger partial charge in [0.05, 0.1) is 11.6 Å². The van der Waals surface area contributed by atoms with Crippen LogP contribution in [0, 0.1) is 11.3 Å². The highest BCUT2D eigenvalue weighted by Gasteiger charge is 2.16. The highest BCUT2D eigenvalue weighted by molar-refractivity contribution is 5.63. The fourth-order valence-electron chi connectivity index (χ4n) is 3.37. The number of halogens is 2. The second-order valence-corrected chi connectivity index (χ2v) is 7.10. The average Bonchev–Trinajstić information content (AvgIpc) is 3.14. The minimum atomic E-state index is -0.586. The third-order valence-electron chi connectivity index (χ3n) is 4.98. The smallest absolute Gasteiger partial charge is 0.159 e. The first kappa shape index (κ1) is 22.3. The van der Waals surface area contributed by atoms with Crippen LogP contribution in [-0.2, 0) is 19.9 Å². The molecule has 0 spiro atoms. The van der Waals surface area contributed by atoms with Crippen LogP contribution >= 0.6 is 0 Å². The van der Waals surface area contributed by atoms with Gasteiger partial charge in [-0.25, -0.2) is 18.7 Å². The van der Waals surface area contributed by atoms with Crippen molar-refractivity contribution in [1.29, 1.82) is 5.26 Å². The van der Waals surface area contributed by atoms with Crippen LogP contribution in [0.2, 0.25) is 0 Å². The highest BCUT2D eigenvalue weighted by Crippen LogP contribution is 2.26. The fourth-order valence-corrected chi connectivity index (χ4v) is 3.37. The Kier molecular flexibility index (Phi) is 7.62. The number of rotatable bonds is 10. The molecular formula is C22H25F2N7. The molecule has 0 saturated carbocycles. The summed E-state index contributed by atoms with van der Waals surface area (Å²) in [6, 6.07) is 9.35. The first-order valence-electron chi connectivity index (χ1n) is 10.0. The lowest BCUT2D eigenvalue weighted by Crippen LogP contribution is -2.28. The summed E-state index contributed by atoms with van der Waals surface area (Å²) < 4.78 is 27.4. The maximum atomic E-state index is 12.9. The average molecular weight is 425 g/mol. The van der Waals surface area contributed by atoms with Crippen LogP contribution in [0.4, 0.5) is 14.6 Å². The van der Waals surface area contributed by atoms with Crippen LogP contribution in [0.3, 0.4) is 0 Å². The van der Waals surface area contributed by atoms with Crippen LogP contribution in [0.1, 0.15) is 22.4 Å². The number of aromatic nitrogens is 4. The predicted molar refractivity (Wildman–Crippen MR) is 115 cm³/mol. The summed E-state index contributed by atoms with van der Waals surface area (Å²) in [5.74, 6) is 1.08. The van der Waals surface area contributed by atoms with Crippen molar-refractivity contribution in [2.24, 2.45) is 12.8 Å². The Balaban J connectivity index is 1.95. The van der Waals surface area contributed by atoms with Crippen molar-refractivity contribution < 1.29 is 8.78 Å². The van der Waals surface area contributed by atoms with E-state index in [1.165, 1.54) is 0 Å². The van der Waals surface area contributed by atoms with E-state index in [2.05, 4.69) is 21.1 Å². The molecule has 0 unspecified atom stereocenters. The van der Waals surface area contributed by atoms with Gasteiger partial charge in [0.15, 0.2) is 11.6 Å². The molecule has 2 aromatic heterocycles. The van der Waals surface area contributed by atoms with E-state index in [1.807, 2.05) is 12.1 Å². The summed E-state index contributed by atoms with van der Waals surface area (Å²) in [6.45, 7) is -0.484. The van der Waals surface area contributed by atoms with Crippen LogP contribution in [0.15, 0.2) is 36.7 Å². The molecule has 0 fully saturated rings. The standard InChI is InChI=1S/C22H25F2N7/c1-30-19(12-21(29-30)31(8-5-23)9-6-24)11-18-10-16(13-26)2-3-20(18)22-27-14-17(4-7-25)15-28-22/h2-3,10,12,14-15H,4-9,11,25H2,1H3. The maximum absolute atomic E-state index is 12.9. The highest BCUT2D eigenvalue weighted by atomic mass is 19.1. The van der Waals surface area contributed by atoms with E-state index in [-0.39, 0.29) is 13.1 Å². The first-order chi connectivity index (χ1) is 15.1. The van der Waals surface area contributed by atoms with Crippen molar-refractivity contribution in [2.75, 3.05) is 37.9 Å². The van der Waals surface area contributed by atoms with Gasteiger partial charge < -0.3 is 10.6 Å². The molecule has 0 aliphatic carbocycles. The van der Waals surface area contributed by atoms with Gasteiger partial charge in [-0.15, -0.1) is 0 Å². The second-order valence-electron chi connectivity index (χ2n) is 7.10. The van der Waals surface area contributed by atoms with Gasteiger partial charge in [0.2, 0.25) is 0 Å². The van der Waals surface area contributed by atoms with Crippen LogP contribution in [0.5, 0.6) is 0 Å². The van der Waals surface area contributed by atoms with Crippen molar-refractivity contribution in [2.45, 2.75) is 12.8 Å². The molecular weight excluding hydrogens is 400 g/mol. The van der Waals surface area contributed by atoms with E-state index in [1.54, 1.807) is 41.2 Å². The minimum absolute atomic E-state index is 0.0819. The molecule has 2 heterocycles. The number of nitrogens with zero attached hydrogens (tertiary/aromatic N) is 6. The summed E-state index contributed by atoms with van der Waals surface area (Å²) >= 11 is 0. The zero-order chi connectivity index (χ0) is 22.2. The van der Waals surface area contributed by atoms with Gasteiger partial charge >= 0.3 is 0 Å². The number of hydrogen-bond acceptors (Lipinski definition) is 6. The Morgan fingerprint density at radius 3 is 2.45 bits per heavy atom. The Morgan fingerprint density at radius 2 is 1.84 bits per heavy atom. The Hall–Kier alpha value is -3.38. The monoisotopic (exact) mass is 425 g/mol. The first-order valence-corrected chi connectivity index (χ1v) is 10.0. The normalized spacial score (nSPS) is 10.8. The molecule has 7 nitrogen and oxygen atoms in total. The Labute approximate surface area is 180 Å². The zero-order valence-electron chi connectivity index (χ0n) is 17.4. The number of nitriles is 1. The lowest BCUT2D eigenvalue weighted by atomic mass is 9.99.